The molecule has 4 rings (SSSR count). The van der Waals surface area contributed by atoms with Crippen LogP contribution in [0.2, 0.25) is 5.02 Å². The molecule has 0 aliphatic carbocycles. The van der Waals surface area contributed by atoms with Crippen LogP contribution < -0.4 is 11.2 Å². The number of nitrogens with zero attached hydrogens (tertiary/aromatic N) is 1. The highest BCUT2D eigenvalue weighted by molar-refractivity contribution is 7.99. The van der Waals surface area contributed by atoms with Crippen LogP contribution in [0.1, 0.15) is 0 Å². The van der Waals surface area contributed by atoms with Crippen molar-refractivity contribution in [1.29, 1.82) is 0 Å². The van der Waals surface area contributed by atoms with Gasteiger partial charge in [-0.05, 0) is 18.2 Å². The number of nitrogens with one attached hydrogen (secondary N) is 1. The summed E-state index contributed by atoms with van der Waals surface area (Å²) in [6, 6.07) is 4.53. The number of methoxy groups -OCH3 is 1. The normalized spacial score (nSPS) is 13.4. The SMILES string of the molecule is COC1=Cn2c(=O)[nH]c(=O)c3cc(Cl)c(-c4ccc(F)cc4F)c(c32)SC1. The van der Waals surface area contributed by atoms with Gasteiger partial charge in [-0.1, -0.05) is 11.6 Å². The highest BCUT2D eigenvalue weighted by atomic mass is 35.5. The molecule has 1 aliphatic rings. The molecule has 0 saturated carbocycles. The Morgan fingerprint density at radius 2 is 2.04 bits per heavy atom. The average Bonchev–Trinajstić information content (AvgIpc) is 2.81. The maximum absolute atomic E-state index is 14.5. The van der Waals surface area contributed by atoms with Gasteiger partial charge in [-0.15, -0.1) is 11.8 Å². The summed E-state index contributed by atoms with van der Waals surface area (Å²) < 4.78 is 34.3. The van der Waals surface area contributed by atoms with E-state index >= 15 is 0 Å². The van der Waals surface area contributed by atoms with E-state index in [0.29, 0.717) is 21.9 Å². The predicted molar refractivity (Wildman–Crippen MR) is 101 cm³/mol. The third kappa shape index (κ3) is 2.85. The van der Waals surface area contributed by atoms with Crippen molar-refractivity contribution in [2.24, 2.45) is 0 Å². The first kappa shape index (κ1) is 17.8. The molecular formula is C18H11ClF2N2O3S. The lowest BCUT2D eigenvalue weighted by Gasteiger charge is -2.15. The molecule has 5 nitrogen and oxygen atoms in total. The van der Waals surface area contributed by atoms with Gasteiger partial charge in [-0.25, -0.2) is 13.6 Å². The van der Waals surface area contributed by atoms with Crippen LogP contribution in [0.25, 0.3) is 28.2 Å². The first-order chi connectivity index (χ1) is 12.9. The van der Waals surface area contributed by atoms with Gasteiger partial charge in [0.2, 0.25) is 0 Å². The van der Waals surface area contributed by atoms with E-state index in [-0.39, 0.29) is 21.5 Å². The predicted octanol–water partition coefficient (Wildman–Crippen LogP) is 3.84. The van der Waals surface area contributed by atoms with E-state index in [4.69, 9.17) is 16.3 Å². The Labute approximate surface area is 160 Å². The van der Waals surface area contributed by atoms with Gasteiger partial charge in [-0.2, -0.15) is 0 Å². The topological polar surface area (TPSA) is 64.1 Å². The molecule has 0 amide bonds. The largest absolute Gasteiger partial charge is 0.499 e. The van der Waals surface area contributed by atoms with E-state index in [2.05, 4.69) is 4.98 Å². The molecule has 0 saturated heterocycles. The quantitative estimate of drug-likeness (QED) is 0.699. The summed E-state index contributed by atoms with van der Waals surface area (Å²) in [5.74, 6) is -0.704. The summed E-state index contributed by atoms with van der Waals surface area (Å²) in [6.45, 7) is 0. The number of thioether (sulfide) groups is 1. The van der Waals surface area contributed by atoms with Crippen molar-refractivity contribution in [2.75, 3.05) is 12.9 Å². The van der Waals surface area contributed by atoms with Gasteiger partial charge in [0.25, 0.3) is 5.56 Å². The minimum absolute atomic E-state index is 0.0750. The fourth-order valence-corrected chi connectivity index (χ4v) is 4.55. The average molecular weight is 409 g/mol. The van der Waals surface area contributed by atoms with Crippen LogP contribution in [0.4, 0.5) is 8.78 Å². The van der Waals surface area contributed by atoms with E-state index in [0.717, 1.165) is 12.1 Å². The third-order valence-electron chi connectivity index (χ3n) is 4.23. The van der Waals surface area contributed by atoms with Crippen molar-refractivity contribution >= 4 is 40.5 Å². The van der Waals surface area contributed by atoms with Crippen molar-refractivity contribution in [3.8, 4) is 11.1 Å². The molecule has 1 N–H and O–H groups in total. The number of ether oxygens (including phenoxy) is 1. The summed E-state index contributed by atoms with van der Waals surface area (Å²) >= 11 is 7.63. The van der Waals surface area contributed by atoms with Crippen molar-refractivity contribution in [1.82, 2.24) is 9.55 Å². The van der Waals surface area contributed by atoms with E-state index in [1.165, 1.54) is 41.8 Å². The Hall–Kier alpha value is -2.58. The second-order valence-corrected chi connectivity index (χ2v) is 7.19. The molecule has 0 spiro atoms. The molecule has 0 radical (unpaired) electrons. The second kappa shape index (κ2) is 6.54. The summed E-state index contributed by atoms with van der Waals surface area (Å²) in [5, 5.41) is 0.300. The van der Waals surface area contributed by atoms with Crippen LogP contribution in [0.5, 0.6) is 0 Å². The van der Waals surface area contributed by atoms with Gasteiger partial charge in [0.05, 0.1) is 35.0 Å². The fourth-order valence-electron chi connectivity index (χ4n) is 3.00. The first-order valence-electron chi connectivity index (χ1n) is 7.74. The molecule has 0 fully saturated rings. The van der Waals surface area contributed by atoms with Crippen LogP contribution in [0, 0.1) is 11.6 Å². The van der Waals surface area contributed by atoms with Gasteiger partial charge >= 0.3 is 5.69 Å². The molecule has 3 aromatic rings. The van der Waals surface area contributed by atoms with E-state index in [1.54, 1.807) is 0 Å². The Balaban J connectivity index is 2.19. The van der Waals surface area contributed by atoms with E-state index in [1.807, 2.05) is 0 Å². The van der Waals surface area contributed by atoms with Crippen LogP contribution >= 0.6 is 23.4 Å². The number of hydrogen-bond acceptors (Lipinski definition) is 4. The van der Waals surface area contributed by atoms with Gasteiger partial charge in [0, 0.05) is 22.1 Å². The molecule has 1 aliphatic heterocycles. The number of rotatable bonds is 2. The van der Waals surface area contributed by atoms with Gasteiger partial charge < -0.3 is 4.74 Å². The van der Waals surface area contributed by atoms with Crippen LogP contribution in [0.15, 0.2) is 44.5 Å². The molecule has 1 aromatic heterocycles. The summed E-state index contributed by atoms with van der Waals surface area (Å²) in [4.78, 5) is 27.3. The Kier molecular flexibility index (Phi) is 4.32. The zero-order valence-electron chi connectivity index (χ0n) is 13.8. The first-order valence-corrected chi connectivity index (χ1v) is 9.11. The number of H-pyrrole nitrogens is 1. The fraction of sp³-hybridized carbons (Fsp3) is 0.111. The van der Waals surface area contributed by atoms with E-state index < -0.39 is 22.9 Å². The number of halogens is 3. The lowest BCUT2D eigenvalue weighted by atomic mass is 10.0. The van der Waals surface area contributed by atoms with Crippen molar-refractivity contribution < 1.29 is 13.5 Å². The molecule has 0 bridgehead atoms. The summed E-state index contributed by atoms with van der Waals surface area (Å²) in [5.41, 5.74) is -0.597. The smallest absolute Gasteiger partial charge is 0.333 e. The number of benzene rings is 2. The van der Waals surface area contributed by atoms with Crippen LogP contribution in [-0.2, 0) is 4.74 Å². The molecule has 0 unspecified atom stereocenters. The molecule has 27 heavy (non-hydrogen) atoms. The Morgan fingerprint density at radius 1 is 1.26 bits per heavy atom. The Bertz CT molecular complexity index is 1250. The van der Waals surface area contributed by atoms with Crippen molar-refractivity contribution in [2.45, 2.75) is 4.90 Å². The van der Waals surface area contributed by atoms with Crippen LogP contribution in [-0.4, -0.2) is 22.4 Å². The highest BCUT2D eigenvalue weighted by Crippen LogP contribution is 2.44. The zero-order valence-corrected chi connectivity index (χ0v) is 15.4. The standard InChI is InChI=1S/C18H11ClF2N2O3S/c1-26-9-6-23-15-11(17(24)22-18(23)25)5-12(19)14(16(15)27-7-9)10-3-2-8(20)4-13(10)21/h2-6H,7H2,1H3,(H,22,24,25). The van der Waals surface area contributed by atoms with E-state index in [9.17, 15) is 18.4 Å². The molecule has 2 heterocycles. The third-order valence-corrected chi connectivity index (χ3v) is 5.64. The van der Waals surface area contributed by atoms with Gasteiger partial charge in [-0.3, -0.25) is 14.3 Å². The molecule has 0 atom stereocenters. The van der Waals surface area contributed by atoms with Crippen molar-refractivity contribution in [3.05, 3.63) is 67.5 Å². The zero-order chi connectivity index (χ0) is 19.3. The monoisotopic (exact) mass is 408 g/mol. The van der Waals surface area contributed by atoms with Gasteiger partial charge in [0.1, 0.15) is 17.4 Å². The lowest BCUT2D eigenvalue weighted by Crippen LogP contribution is -2.28. The summed E-state index contributed by atoms with van der Waals surface area (Å²) in [6.07, 6.45) is 1.48. The molecule has 138 valence electrons. The lowest BCUT2D eigenvalue weighted by molar-refractivity contribution is 0.298. The molecular weight excluding hydrogens is 398 g/mol. The second-order valence-electron chi connectivity index (χ2n) is 5.80. The van der Waals surface area contributed by atoms with Gasteiger partial charge in [0.15, 0.2) is 0 Å². The highest BCUT2D eigenvalue weighted by Gasteiger charge is 2.24. The molecule has 9 heteroatoms. The maximum atomic E-state index is 14.5. The number of hydrogen-bond donors (Lipinski definition) is 1. The summed E-state index contributed by atoms with van der Waals surface area (Å²) in [7, 11) is 1.46. The minimum Gasteiger partial charge on any atom is -0.499 e. The molecule has 2 aromatic carbocycles. The Morgan fingerprint density at radius 3 is 2.74 bits per heavy atom. The number of aromatic nitrogens is 2. The number of aromatic amines is 1. The minimum atomic E-state index is -0.795. The van der Waals surface area contributed by atoms with Crippen molar-refractivity contribution in [3.63, 3.8) is 0 Å². The van der Waals surface area contributed by atoms with Crippen LogP contribution in [0.3, 0.4) is 0 Å². The maximum Gasteiger partial charge on any atom is 0.333 e.